The van der Waals surface area contributed by atoms with Crippen molar-refractivity contribution in [1.82, 2.24) is 14.9 Å². The van der Waals surface area contributed by atoms with Crippen molar-refractivity contribution in [2.24, 2.45) is 0 Å². The fraction of sp³-hybridized carbons (Fsp3) is 0.312. The highest BCUT2D eigenvalue weighted by atomic mass is 16.4. The number of carboxylic acids is 1. The maximum atomic E-state index is 10.9. The molecule has 0 aliphatic carbocycles. The molecular formula is C16H20N6O2. The summed E-state index contributed by atoms with van der Waals surface area (Å²) >= 11 is 0. The molecule has 0 bridgehead atoms. The molecule has 0 saturated carbocycles. The SMILES string of the molecule is CN1CCN(c2ncnc(Nc3ccc(C(=O)O)cc3)c2N)CC1. The first kappa shape index (κ1) is 16.0. The smallest absolute Gasteiger partial charge is 0.335 e. The molecule has 8 heteroatoms. The van der Waals surface area contributed by atoms with Gasteiger partial charge in [0.2, 0.25) is 0 Å². The summed E-state index contributed by atoms with van der Waals surface area (Å²) in [5, 5.41) is 12.1. The van der Waals surface area contributed by atoms with Crippen LogP contribution in [0.1, 0.15) is 10.4 Å². The number of anilines is 4. The number of piperazine rings is 1. The number of rotatable bonds is 4. The summed E-state index contributed by atoms with van der Waals surface area (Å²) in [5.41, 5.74) is 7.68. The quantitative estimate of drug-likeness (QED) is 0.770. The fourth-order valence-electron chi connectivity index (χ4n) is 2.59. The van der Waals surface area contributed by atoms with Crippen molar-refractivity contribution >= 4 is 29.0 Å². The Labute approximate surface area is 139 Å². The van der Waals surface area contributed by atoms with Crippen LogP contribution in [0.15, 0.2) is 30.6 Å². The standard InChI is InChI=1S/C16H20N6O2/c1-21-6-8-22(9-7-21)15-13(17)14(18-10-19-15)20-12-4-2-11(3-5-12)16(23)24/h2-5,10H,6-9,17H2,1H3,(H,23,24)(H,18,19,20). The van der Waals surface area contributed by atoms with Gasteiger partial charge >= 0.3 is 5.97 Å². The zero-order valence-corrected chi connectivity index (χ0v) is 13.4. The molecule has 1 aliphatic heterocycles. The first-order valence-electron chi connectivity index (χ1n) is 7.69. The van der Waals surface area contributed by atoms with Gasteiger partial charge in [-0.2, -0.15) is 0 Å². The Morgan fingerprint density at radius 2 is 1.83 bits per heavy atom. The Kier molecular flexibility index (Phi) is 4.48. The number of nitrogens with zero attached hydrogens (tertiary/aromatic N) is 4. The highest BCUT2D eigenvalue weighted by molar-refractivity contribution is 5.88. The Morgan fingerprint density at radius 3 is 2.46 bits per heavy atom. The van der Waals surface area contributed by atoms with Gasteiger partial charge in [0.15, 0.2) is 11.6 Å². The van der Waals surface area contributed by atoms with Gasteiger partial charge in [0.1, 0.15) is 12.0 Å². The van der Waals surface area contributed by atoms with Crippen molar-refractivity contribution in [3.63, 3.8) is 0 Å². The average molecular weight is 328 g/mol. The van der Waals surface area contributed by atoms with E-state index in [0.717, 1.165) is 37.7 Å². The summed E-state index contributed by atoms with van der Waals surface area (Å²) in [7, 11) is 2.09. The third-order valence-corrected chi connectivity index (χ3v) is 4.06. The molecule has 1 aliphatic rings. The largest absolute Gasteiger partial charge is 0.478 e. The predicted octanol–water partition coefficient (Wildman–Crippen LogP) is 1.25. The second-order valence-corrected chi connectivity index (χ2v) is 5.76. The first-order valence-corrected chi connectivity index (χ1v) is 7.69. The van der Waals surface area contributed by atoms with E-state index in [0.29, 0.717) is 11.5 Å². The van der Waals surface area contributed by atoms with Crippen LogP contribution in [0.25, 0.3) is 0 Å². The lowest BCUT2D eigenvalue weighted by Crippen LogP contribution is -2.45. The molecule has 126 valence electrons. The van der Waals surface area contributed by atoms with E-state index in [1.807, 2.05) is 0 Å². The number of hydrogen-bond donors (Lipinski definition) is 3. The van der Waals surface area contributed by atoms with Crippen LogP contribution in [0.3, 0.4) is 0 Å². The van der Waals surface area contributed by atoms with Gasteiger partial charge in [-0.3, -0.25) is 0 Å². The van der Waals surface area contributed by atoms with Crippen LogP contribution in [-0.2, 0) is 0 Å². The van der Waals surface area contributed by atoms with E-state index in [9.17, 15) is 4.79 Å². The summed E-state index contributed by atoms with van der Waals surface area (Å²) in [6, 6.07) is 6.42. The first-order chi connectivity index (χ1) is 11.5. The minimum absolute atomic E-state index is 0.231. The van der Waals surface area contributed by atoms with Crippen molar-refractivity contribution in [1.29, 1.82) is 0 Å². The Balaban J connectivity index is 1.79. The minimum Gasteiger partial charge on any atom is -0.478 e. The van der Waals surface area contributed by atoms with E-state index in [1.165, 1.54) is 18.5 Å². The zero-order chi connectivity index (χ0) is 17.1. The third kappa shape index (κ3) is 3.38. The number of carbonyl (C=O) groups is 1. The molecule has 1 fully saturated rings. The predicted molar refractivity (Wildman–Crippen MR) is 92.8 cm³/mol. The van der Waals surface area contributed by atoms with Gasteiger partial charge in [-0.05, 0) is 31.3 Å². The number of nitrogens with two attached hydrogens (primary N) is 1. The molecule has 2 heterocycles. The number of hydrogen-bond acceptors (Lipinski definition) is 7. The van der Waals surface area contributed by atoms with Gasteiger partial charge in [0, 0.05) is 31.9 Å². The molecule has 8 nitrogen and oxygen atoms in total. The molecule has 3 rings (SSSR count). The van der Waals surface area contributed by atoms with Crippen LogP contribution in [0, 0.1) is 0 Å². The lowest BCUT2D eigenvalue weighted by molar-refractivity contribution is 0.0697. The van der Waals surface area contributed by atoms with E-state index in [-0.39, 0.29) is 5.56 Å². The molecule has 24 heavy (non-hydrogen) atoms. The average Bonchev–Trinajstić information content (AvgIpc) is 2.58. The van der Waals surface area contributed by atoms with Crippen LogP contribution < -0.4 is 16.0 Å². The Bertz CT molecular complexity index is 726. The topological polar surface area (TPSA) is 108 Å². The maximum absolute atomic E-state index is 10.9. The van der Waals surface area contributed by atoms with E-state index >= 15 is 0 Å². The van der Waals surface area contributed by atoms with Gasteiger partial charge in [0.25, 0.3) is 0 Å². The molecule has 4 N–H and O–H groups in total. The number of nitrogen functional groups attached to an aromatic ring is 1. The van der Waals surface area contributed by atoms with Gasteiger partial charge < -0.3 is 26.0 Å². The highest BCUT2D eigenvalue weighted by Crippen LogP contribution is 2.29. The number of nitrogens with one attached hydrogen (secondary N) is 1. The summed E-state index contributed by atoms with van der Waals surface area (Å²) in [6.07, 6.45) is 1.48. The molecule has 0 spiro atoms. The summed E-state index contributed by atoms with van der Waals surface area (Å²) < 4.78 is 0. The monoisotopic (exact) mass is 328 g/mol. The Hall–Kier alpha value is -2.87. The van der Waals surface area contributed by atoms with Crippen molar-refractivity contribution in [3.05, 3.63) is 36.2 Å². The Morgan fingerprint density at radius 1 is 1.17 bits per heavy atom. The van der Waals surface area contributed by atoms with Crippen molar-refractivity contribution in [2.45, 2.75) is 0 Å². The van der Waals surface area contributed by atoms with E-state index in [2.05, 4.69) is 32.1 Å². The molecule has 0 unspecified atom stereocenters. The zero-order valence-electron chi connectivity index (χ0n) is 13.4. The number of aromatic nitrogens is 2. The number of aromatic carboxylic acids is 1. The van der Waals surface area contributed by atoms with Crippen LogP contribution >= 0.6 is 0 Å². The number of carboxylic acid groups (broad SMARTS) is 1. The van der Waals surface area contributed by atoms with Crippen LogP contribution in [0.2, 0.25) is 0 Å². The van der Waals surface area contributed by atoms with Gasteiger partial charge in [0.05, 0.1) is 5.56 Å². The molecule has 0 atom stereocenters. The number of benzene rings is 1. The van der Waals surface area contributed by atoms with Crippen LogP contribution in [-0.4, -0.2) is 59.2 Å². The molecule has 1 aromatic carbocycles. The minimum atomic E-state index is -0.958. The van der Waals surface area contributed by atoms with E-state index in [4.69, 9.17) is 10.8 Å². The fourth-order valence-corrected chi connectivity index (χ4v) is 2.59. The van der Waals surface area contributed by atoms with Crippen molar-refractivity contribution < 1.29 is 9.90 Å². The van der Waals surface area contributed by atoms with Crippen LogP contribution in [0.4, 0.5) is 23.0 Å². The molecular weight excluding hydrogens is 308 g/mol. The van der Waals surface area contributed by atoms with Gasteiger partial charge in [-0.1, -0.05) is 0 Å². The molecule has 1 saturated heterocycles. The third-order valence-electron chi connectivity index (χ3n) is 4.06. The van der Waals surface area contributed by atoms with E-state index < -0.39 is 5.97 Å². The van der Waals surface area contributed by atoms with Crippen LogP contribution in [0.5, 0.6) is 0 Å². The van der Waals surface area contributed by atoms with Crippen molar-refractivity contribution in [3.8, 4) is 0 Å². The lowest BCUT2D eigenvalue weighted by Gasteiger charge is -2.33. The molecule has 2 aromatic rings. The van der Waals surface area contributed by atoms with E-state index in [1.54, 1.807) is 12.1 Å². The molecule has 0 radical (unpaired) electrons. The second-order valence-electron chi connectivity index (χ2n) is 5.76. The molecule has 1 aromatic heterocycles. The number of likely N-dealkylation sites (N-methyl/N-ethyl adjacent to an activating group) is 1. The highest BCUT2D eigenvalue weighted by Gasteiger charge is 2.19. The summed E-state index contributed by atoms with van der Waals surface area (Å²) in [6.45, 7) is 3.65. The lowest BCUT2D eigenvalue weighted by atomic mass is 10.2. The summed E-state index contributed by atoms with van der Waals surface area (Å²) in [5.74, 6) is 0.283. The van der Waals surface area contributed by atoms with Gasteiger partial charge in [-0.25, -0.2) is 14.8 Å². The second kappa shape index (κ2) is 6.71. The summed E-state index contributed by atoms with van der Waals surface area (Å²) in [4.78, 5) is 23.8. The van der Waals surface area contributed by atoms with Crippen molar-refractivity contribution in [2.75, 3.05) is 49.2 Å². The normalized spacial score (nSPS) is 15.3. The maximum Gasteiger partial charge on any atom is 0.335 e. The van der Waals surface area contributed by atoms with Gasteiger partial charge in [-0.15, -0.1) is 0 Å². The molecule has 0 amide bonds.